The van der Waals surface area contributed by atoms with Crippen molar-refractivity contribution >= 4 is 24.2 Å². The molecule has 2 rings (SSSR count). The zero-order chi connectivity index (χ0) is 14.4. The van der Waals surface area contributed by atoms with Crippen molar-refractivity contribution in [2.45, 2.75) is 6.10 Å². The van der Waals surface area contributed by atoms with Crippen LogP contribution in [0, 0.1) is 0 Å². The Hall–Kier alpha value is -1.99. The quantitative estimate of drug-likeness (QED) is 0.676. The van der Waals surface area contributed by atoms with Crippen molar-refractivity contribution in [2.24, 2.45) is 5.73 Å². The Bertz CT molecular complexity index is 498. The predicted molar refractivity (Wildman–Crippen MR) is 78.7 cm³/mol. The molecule has 1 heterocycles. The lowest BCUT2D eigenvalue weighted by atomic mass is 10.2. The lowest BCUT2D eigenvalue weighted by Gasteiger charge is -2.26. The highest BCUT2D eigenvalue weighted by Crippen LogP contribution is 2.30. The van der Waals surface area contributed by atoms with E-state index in [1.54, 1.807) is 0 Å². The van der Waals surface area contributed by atoms with Crippen molar-refractivity contribution in [3.63, 3.8) is 0 Å². The van der Waals surface area contributed by atoms with Crippen LogP contribution in [0.15, 0.2) is 24.3 Å². The summed E-state index contributed by atoms with van der Waals surface area (Å²) in [7, 11) is 0. The summed E-state index contributed by atoms with van der Waals surface area (Å²) in [5, 5.41) is 5.05. The van der Waals surface area contributed by atoms with Crippen molar-refractivity contribution in [3.8, 4) is 11.5 Å². The van der Waals surface area contributed by atoms with Crippen LogP contribution in [0.4, 0.5) is 0 Å². The highest BCUT2D eigenvalue weighted by Gasteiger charge is 2.20. The molecule has 116 valence electrons. The van der Waals surface area contributed by atoms with E-state index in [0.717, 1.165) is 0 Å². The van der Waals surface area contributed by atoms with Crippen LogP contribution in [0.2, 0.25) is 0 Å². The van der Waals surface area contributed by atoms with Gasteiger partial charge in [0.25, 0.3) is 0 Å². The number of hydrogen-bond donors (Lipinski definition) is 3. The molecule has 1 aliphatic heterocycles. The zero-order valence-electron chi connectivity index (χ0n) is 11.3. The molecule has 1 unspecified atom stereocenters. The fourth-order valence-corrected chi connectivity index (χ4v) is 1.70. The van der Waals surface area contributed by atoms with Crippen molar-refractivity contribution in [2.75, 3.05) is 26.2 Å². The minimum Gasteiger partial charge on any atom is -0.486 e. The number of nitrogens with two attached hydrogens (primary N) is 1. The van der Waals surface area contributed by atoms with E-state index in [2.05, 4.69) is 10.6 Å². The molecule has 0 fully saturated rings. The van der Waals surface area contributed by atoms with Crippen LogP contribution in [-0.4, -0.2) is 44.2 Å². The molecule has 4 N–H and O–H groups in total. The molecule has 0 spiro atoms. The minimum atomic E-state index is -0.369. The van der Waals surface area contributed by atoms with E-state index < -0.39 is 0 Å². The second-order valence-electron chi connectivity index (χ2n) is 4.28. The van der Waals surface area contributed by atoms with Crippen LogP contribution in [0.1, 0.15) is 0 Å². The molecular formula is C13H18ClN3O4. The minimum absolute atomic E-state index is 0. The molecule has 0 radical (unpaired) electrons. The standard InChI is InChI=1S/C13H17N3O4.ClH/c14-5-12(17)16-7-13(18)15-6-9-8-19-10-3-1-2-4-11(10)20-9;/h1-4,9H,5-8,14H2,(H,15,18)(H,16,17);1H. The van der Waals surface area contributed by atoms with E-state index in [-0.39, 0.29) is 43.4 Å². The molecule has 1 aliphatic rings. The van der Waals surface area contributed by atoms with Crippen LogP contribution >= 0.6 is 12.4 Å². The van der Waals surface area contributed by atoms with Crippen LogP contribution in [0.25, 0.3) is 0 Å². The van der Waals surface area contributed by atoms with Gasteiger partial charge in [0.1, 0.15) is 12.7 Å². The maximum absolute atomic E-state index is 11.5. The fourth-order valence-electron chi connectivity index (χ4n) is 1.70. The first-order valence-corrected chi connectivity index (χ1v) is 6.31. The number of rotatable bonds is 5. The number of fused-ring (bicyclic) bond motifs is 1. The molecule has 0 aromatic heterocycles. The van der Waals surface area contributed by atoms with Crippen molar-refractivity contribution in [3.05, 3.63) is 24.3 Å². The Balaban J connectivity index is 0.00000220. The van der Waals surface area contributed by atoms with Gasteiger partial charge in [-0.3, -0.25) is 9.59 Å². The van der Waals surface area contributed by atoms with Gasteiger partial charge in [-0.25, -0.2) is 0 Å². The summed E-state index contributed by atoms with van der Waals surface area (Å²) in [6.07, 6.45) is -0.251. The first kappa shape index (κ1) is 17.1. The summed E-state index contributed by atoms with van der Waals surface area (Å²) in [6.45, 7) is 0.446. The summed E-state index contributed by atoms with van der Waals surface area (Å²) < 4.78 is 11.2. The van der Waals surface area contributed by atoms with Gasteiger partial charge in [-0.1, -0.05) is 12.1 Å². The third-order valence-corrected chi connectivity index (χ3v) is 2.73. The second kappa shape index (κ2) is 8.33. The second-order valence-corrected chi connectivity index (χ2v) is 4.28. The van der Waals surface area contributed by atoms with Gasteiger partial charge in [0.2, 0.25) is 11.8 Å². The third kappa shape index (κ3) is 5.13. The molecule has 8 heteroatoms. The number of hydrogen-bond acceptors (Lipinski definition) is 5. The van der Waals surface area contributed by atoms with Gasteiger partial charge >= 0.3 is 0 Å². The summed E-state index contributed by atoms with van der Waals surface area (Å²) in [5.41, 5.74) is 5.11. The Morgan fingerprint density at radius 1 is 1.19 bits per heavy atom. The third-order valence-electron chi connectivity index (χ3n) is 2.73. The normalized spacial score (nSPS) is 15.6. The van der Waals surface area contributed by atoms with E-state index in [1.807, 2.05) is 24.3 Å². The smallest absolute Gasteiger partial charge is 0.239 e. The number of benzene rings is 1. The molecule has 0 saturated carbocycles. The topological polar surface area (TPSA) is 103 Å². The summed E-state index contributed by atoms with van der Waals surface area (Å²) in [5.74, 6) is 0.695. The van der Waals surface area contributed by atoms with Crippen molar-refractivity contribution in [1.29, 1.82) is 0 Å². The number of halogens is 1. The zero-order valence-corrected chi connectivity index (χ0v) is 12.2. The van der Waals surface area contributed by atoms with Crippen LogP contribution < -0.4 is 25.8 Å². The molecule has 1 aromatic rings. The van der Waals surface area contributed by atoms with Crippen LogP contribution in [0.3, 0.4) is 0 Å². The predicted octanol–water partition coefficient (Wildman–Crippen LogP) is -0.561. The highest BCUT2D eigenvalue weighted by atomic mass is 35.5. The Labute approximate surface area is 128 Å². The van der Waals surface area contributed by atoms with Gasteiger partial charge < -0.3 is 25.8 Å². The Morgan fingerprint density at radius 3 is 2.62 bits per heavy atom. The first-order chi connectivity index (χ1) is 9.69. The number of nitrogens with one attached hydrogen (secondary N) is 2. The van der Waals surface area contributed by atoms with E-state index in [1.165, 1.54) is 0 Å². The van der Waals surface area contributed by atoms with Crippen molar-refractivity contribution in [1.82, 2.24) is 10.6 Å². The SMILES string of the molecule is Cl.NCC(=O)NCC(=O)NCC1COc2ccccc2O1. The van der Waals surface area contributed by atoms with Gasteiger partial charge in [0, 0.05) is 0 Å². The number of carbonyl (C=O) groups excluding carboxylic acids is 2. The molecule has 2 amide bonds. The first-order valence-electron chi connectivity index (χ1n) is 6.31. The summed E-state index contributed by atoms with van der Waals surface area (Å²) in [4.78, 5) is 22.4. The molecule has 0 aliphatic carbocycles. The van der Waals surface area contributed by atoms with Crippen LogP contribution in [0.5, 0.6) is 11.5 Å². The van der Waals surface area contributed by atoms with E-state index >= 15 is 0 Å². The van der Waals surface area contributed by atoms with Gasteiger partial charge in [0.05, 0.1) is 19.6 Å². The highest BCUT2D eigenvalue weighted by molar-refractivity contribution is 5.85. The van der Waals surface area contributed by atoms with Gasteiger partial charge in [-0.2, -0.15) is 0 Å². The largest absolute Gasteiger partial charge is 0.486 e. The van der Waals surface area contributed by atoms with E-state index in [9.17, 15) is 9.59 Å². The van der Waals surface area contributed by atoms with Crippen LogP contribution in [-0.2, 0) is 9.59 Å². The number of carbonyl (C=O) groups is 2. The number of amides is 2. The lowest BCUT2D eigenvalue weighted by Crippen LogP contribution is -2.45. The number of para-hydroxylation sites is 2. The average molecular weight is 316 g/mol. The molecule has 1 aromatic carbocycles. The lowest BCUT2D eigenvalue weighted by molar-refractivity contribution is -0.125. The summed E-state index contributed by atoms with van der Waals surface area (Å²) in [6, 6.07) is 7.35. The van der Waals surface area contributed by atoms with Crippen molar-refractivity contribution < 1.29 is 19.1 Å². The van der Waals surface area contributed by atoms with Gasteiger partial charge in [-0.05, 0) is 12.1 Å². The molecule has 7 nitrogen and oxygen atoms in total. The maximum Gasteiger partial charge on any atom is 0.239 e. The van der Waals surface area contributed by atoms with Gasteiger partial charge in [-0.15, -0.1) is 12.4 Å². The van der Waals surface area contributed by atoms with E-state index in [4.69, 9.17) is 15.2 Å². The molecule has 1 atom stereocenters. The van der Waals surface area contributed by atoms with Gasteiger partial charge in [0.15, 0.2) is 11.5 Å². The Kier molecular flexibility index (Phi) is 6.77. The summed E-state index contributed by atoms with van der Waals surface area (Å²) >= 11 is 0. The molecular weight excluding hydrogens is 298 g/mol. The monoisotopic (exact) mass is 315 g/mol. The molecule has 0 bridgehead atoms. The average Bonchev–Trinajstić information content (AvgIpc) is 2.50. The maximum atomic E-state index is 11.5. The fraction of sp³-hybridized carbons (Fsp3) is 0.385. The van der Waals surface area contributed by atoms with E-state index in [0.29, 0.717) is 24.7 Å². The molecule has 0 saturated heterocycles. The molecule has 21 heavy (non-hydrogen) atoms. The Morgan fingerprint density at radius 2 is 1.90 bits per heavy atom. The number of ether oxygens (including phenoxy) is 2.